The number of hydrogen-bond acceptors (Lipinski definition) is 3. The monoisotopic (exact) mass is 252 g/mol. The van der Waals surface area contributed by atoms with Gasteiger partial charge in [0.15, 0.2) is 0 Å². The Morgan fingerprint density at radius 3 is 2.72 bits per heavy atom. The molecule has 0 aliphatic heterocycles. The van der Waals surface area contributed by atoms with Gasteiger partial charge in [-0.3, -0.25) is 9.48 Å². The van der Waals surface area contributed by atoms with E-state index < -0.39 is 0 Å². The molecule has 1 rings (SSSR count). The highest BCUT2D eigenvalue weighted by atomic mass is 16.2. The quantitative estimate of drug-likeness (QED) is 0.830. The largest absolute Gasteiger partial charge is 0.339 e. The van der Waals surface area contributed by atoms with Crippen LogP contribution < -0.4 is 5.32 Å². The number of hydrogen-bond donors (Lipinski definition) is 1. The van der Waals surface area contributed by atoms with Crippen LogP contribution in [0.5, 0.6) is 0 Å². The molecule has 0 fully saturated rings. The van der Waals surface area contributed by atoms with Crippen LogP contribution in [0.15, 0.2) is 6.07 Å². The second kappa shape index (κ2) is 6.54. The number of aromatic nitrogens is 2. The minimum absolute atomic E-state index is 0.0338. The van der Waals surface area contributed by atoms with Crippen molar-refractivity contribution in [1.82, 2.24) is 20.0 Å². The van der Waals surface area contributed by atoms with Crippen molar-refractivity contribution in [1.29, 1.82) is 0 Å². The average molecular weight is 252 g/mol. The highest BCUT2D eigenvalue weighted by molar-refractivity contribution is 5.92. The lowest BCUT2D eigenvalue weighted by Gasteiger charge is -2.17. The summed E-state index contributed by atoms with van der Waals surface area (Å²) in [5, 5.41) is 7.51. The van der Waals surface area contributed by atoms with Crippen LogP contribution in [-0.4, -0.2) is 47.8 Å². The second-order valence-electron chi connectivity index (χ2n) is 4.76. The number of carbonyl (C=O) groups is 1. The lowest BCUT2D eigenvalue weighted by atomic mass is 10.1. The fourth-order valence-electron chi connectivity index (χ4n) is 1.71. The van der Waals surface area contributed by atoms with Gasteiger partial charge in [0, 0.05) is 26.7 Å². The maximum atomic E-state index is 12.3. The van der Waals surface area contributed by atoms with Crippen molar-refractivity contribution in [2.45, 2.75) is 33.2 Å². The fourth-order valence-corrected chi connectivity index (χ4v) is 1.71. The van der Waals surface area contributed by atoms with Gasteiger partial charge < -0.3 is 10.2 Å². The first-order chi connectivity index (χ1) is 8.51. The molecule has 0 aliphatic rings. The zero-order valence-electron chi connectivity index (χ0n) is 12.0. The normalized spacial score (nSPS) is 11.0. The molecule has 5 nitrogen and oxygen atoms in total. The standard InChI is InChI=1S/C13H24N4O/c1-6-17-12(9-11(15-17)10(2)3)13(18)16(5)8-7-14-4/h9-10,14H,6-8H2,1-5H3. The average Bonchev–Trinajstić information content (AvgIpc) is 2.79. The molecule has 102 valence electrons. The van der Waals surface area contributed by atoms with Crippen molar-refractivity contribution in [3.8, 4) is 0 Å². The molecule has 0 saturated carbocycles. The SMILES string of the molecule is CCn1nc(C(C)C)cc1C(=O)N(C)CCNC. The van der Waals surface area contributed by atoms with Crippen molar-refractivity contribution in [3.05, 3.63) is 17.5 Å². The van der Waals surface area contributed by atoms with E-state index in [4.69, 9.17) is 0 Å². The fraction of sp³-hybridized carbons (Fsp3) is 0.692. The molecule has 0 aliphatic carbocycles. The summed E-state index contributed by atoms with van der Waals surface area (Å²) in [5.41, 5.74) is 1.65. The predicted octanol–water partition coefficient (Wildman–Crippen LogP) is 1.32. The van der Waals surface area contributed by atoms with Crippen LogP contribution in [0, 0.1) is 0 Å². The first kappa shape index (κ1) is 14.7. The third-order valence-corrected chi connectivity index (χ3v) is 2.95. The minimum Gasteiger partial charge on any atom is -0.339 e. The Labute approximate surface area is 109 Å². The van der Waals surface area contributed by atoms with Crippen LogP contribution in [0.3, 0.4) is 0 Å². The van der Waals surface area contributed by atoms with Gasteiger partial charge in [0.1, 0.15) is 5.69 Å². The molecule has 0 spiro atoms. The van der Waals surface area contributed by atoms with Crippen LogP contribution in [0.2, 0.25) is 0 Å². The van der Waals surface area contributed by atoms with Gasteiger partial charge >= 0.3 is 0 Å². The number of nitrogens with zero attached hydrogens (tertiary/aromatic N) is 3. The Hall–Kier alpha value is -1.36. The molecule has 0 saturated heterocycles. The zero-order valence-corrected chi connectivity index (χ0v) is 12.0. The molecule has 1 aromatic heterocycles. The first-order valence-electron chi connectivity index (χ1n) is 6.49. The molecule has 18 heavy (non-hydrogen) atoms. The number of aryl methyl sites for hydroxylation is 1. The molecule has 0 atom stereocenters. The van der Waals surface area contributed by atoms with Gasteiger partial charge in [0.2, 0.25) is 0 Å². The van der Waals surface area contributed by atoms with Gasteiger partial charge in [-0.15, -0.1) is 0 Å². The smallest absolute Gasteiger partial charge is 0.271 e. The van der Waals surface area contributed by atoms with Crippen molar-refractivity contribution >= 4 is 5.91 Å². The molecule has 1 N–H and O–H groups in total. The highest BCUT2D eigenvalue weighted by Crippen LogP contribution is 2.15. The van der Waals surface area contributed by atoms with E-state index in [1.165, 1.54) is 0 Å². The van der Waals surface area contributed by atoms with Gasteiger partial charge in [-0.25, -0.2) is 0 Å². The van der Waals surface area contributed by atoms with E-state index in [-0.39, 0.29) is 5.91 Å². The minimum atomic E-state index is 0.0338. The van der Waals surface area contributed by atoms with E-state index in [1.54, 1.807) is 9.58 Å². The third-order valence-electron chi connectivity index (χ3n) is 2.95. The molecule has 1 amide bonds. The van der Waals surface area contributed by atoms with Crippen LogP contribution >= 0.6 is 0 Å². The summed E-state index contributed by atoms with van der Waals surface area (Å²) in [7, 11) is 3.70. The molecular formula is C13H24N4O. The van der Waals surface area contributed by atoms with Gasteiger partial charge in [0.25, 0.3) is 5.91 Å². The summed E-state index contributed by atoms with van der Waals surface area (Å²) < 4.78 is 1.79. The summed E-state index contributed by atoms with van der Waals surface area (Å²) >= 11 is 0. The van der Waals surface area contributed by atoms with E-state index in [0.717, 1.165) is 12.2 Å². The van der Waals surface area contributed by atoms with E-state index in [1.807, 2.05) is 27.1 Å². The summed E-state index contributed by atoms with van der Waals surface area (Å²) in [5.74, 6) is 0.374. The van der Waals surface area contributed by atoms with E-state index in [0.29, 0.717) is 24.7 Å². The molecule has 0 unspecified atom stereocenters. The molecule has 5 heteroatoms. The number of likely N-dealkylation sites (N-methyl/N-ethyl adjacent to an activating group) is 2. The Morgan fingerprint density at radius 2 is 2.22 bits per heavy atom. The maximum Gasteiger partial charge on any atom is 0.271 e. The Bertz CT molecular complexity index is 398. The van der Waals surface area contributed by atoms with E-state index in [9.17, 15) is 4.79 Å². The van der Waals surface area contributed by atoms with Gasteiger partial charge in [-0.05, 0) is 26.0 Å². The van der Waals surface area contributed by atoms with Crippen LogP contribution in [-0.2, 0) is 6.54 Å². The van der Waals surface area contributed by atoms with Crippen LogP contribution in [0.4, 0.5) is 0 Å². The molecule has 0 radical (unpaired) electrons. The van der Waals surface area contributed by atoms with Gasteiger partial charge in [-0.2, -0.15) is 5.10 Å². The van der Waals surface area contributed by atoms with Crippen molar-refractivity contribution in [2.24, 2.45) is 0 Å². The van der Waals surface area contributed by atoms with Crippen LogP contribution in [0.1, 0.15) is 42.9 Å². The first-order valence-corrected chi connectivity index (χ1v) is 6.49. The third kappa shape index (κ3) is 3.32. The lowest BCUT2D eigenvalue weighted by molar-refractivity contribution is 0.0784. The van der Waals surface area contributed by atoms with E-state index >= 15 is 0 Å². The molecule has 1 heterocycles. The topological polar surface area (TPSA) is 50.2 Å². The summed E-state index contributed by atoms with van der Waals surface area (Å²) in [6.07, 6.45) is 0. The van der Waals surface area contributed by atoms with E-state index in [2.05, 4.69) is 24.3 Å². The molecular weight excluding hydrogens is 228 g/mol. The summed E-state index contributed by atoms with van der Waals surface area (Å²) in [6, 6.07) is 1.91. The van der Waals surface area contributed by atoms with Gasteiger partial charge in [-0.1, -0.05) is 13.8 Å². The number of amides is 1. The van der Waals surface area contributed by atoms with Crippen LogP contribution in [0.25, 0.3) is 0 Å². The lowest BCUT2D eigenvalue weighted by Crippen LogP contribution is -2.34. The zero-order chi connectivity index (χ0) is 13.7. The summed E-state index contributed by atoms with van der Waals surface area (Å²) in [6.45, 7) is 8.37. The number of rotatable bonds is 6. The highest BCUT2D eigenvalue weighted by Gasteiger charge is 2.18. The van der Waals surface area contributed by atoms with Crippen molar-refractivity contribution in [3.63, 3.8) is 0 Å². The Morgan fingerprint density at radius 1 is 1.56 bits per heavy atom. The van der Waals surface area contributed by atoms with Crippen molar-refractivity contribution in [2.75, 3.05) is 27.2 Å². The second-order valence-corrected chi connectivity index (χ2v) is 4.76. The molecule has 0 aromatic carbocycles. The molecule has 1 aromatic rings. The summed E-state index contributed by atoms with van der Waals surface area (Å²) in [4.78, 5) is 14.0. The number of carbonyl (C=O) groups excluding carboxylic acids is 1. The van der Waals surface area contributed by atoms with Gasteiger partial charge in [0.05, 0.1) is 5.69 Å². The Kier molecular flexibility index (Phi) is 5.34. The molecule has 0 bridgehead atoms. The maximum absolute atomic E-state index is 12.3. The number of nitrogens with one attached hydrogen (secondary N) is 1. The predicted molar refractivity (Wildman–Crippen MR) is 72.9 cm³/mol. The Balaban J connectivity index is 2.90. The van der Waals surface area contributed by atoms with Crippen molar-refractivity contribution < 1.29 is 4.79 Å².